The number of anilines is 1. The lowest BCUT2D eigenvalue weighted by molar-refractivity contribution is 0.619. The number of nitrogens with two attached hydrogens (primary N) is 2. The van der Waals surface area contributed by atoms with Crippen LogP contribution in [0, 0.1) is 5.82 Å². The number of nitrogen functional groups attached to an aromatic ring is 1. The second-order valence-corrected chi connectivity index (χ2v) is 7.40. The minimum atomic E-state index is -0.469. The predicted octanol–water partition coefficient (Wildman–Crippen LogP) is 3.75. The van der Waals surface area contributed by atoms with Crippen molar-refractivity contribution in [1.82, 2.24) is 15.0 Å². The summed E-state index contributed by atoms with van der Waals surface area (Å²) in [5, 5.41) is 0. The lowest BCUT2D eigenvalue weighted by Gasteiger charge is -2.16. The summed E-state index contributed by atoms with van der Waals surface area (Å²) in [4.78, 5) is 23.4. The van der Waals surface area contributed by atoms with Gasteiger partial charge in [-0.1, -0.05) is 30.3 Å². The van der Waals surface area contributed by atoms with Crippen LogP contribution in [0.2, 0.25) is 0 Å². The van der Waals surface area contributed by atoms with Crippen LogP contribution in [0.4, 0.5) is 10.1 Å². The standard InChI is InChI=1S/C24H22FN5O.ClH/c25-18-11-17(12-19(26)10-15-4-2-1-3-5-15)23(27)20(13-18)24-29-21(14-22(31)30-24)16-6-8-28-9-7-16;/h1-9,11,13-14,19H,10,12,26-27H2,(H,29,30,31);1H. The third kappa shape index (κ3) is 5.38. The Hall–Kier alpha value is -3.55. The van der Waals surface area contributed by atoms with Gasteiger partial charge in [-0.25, -0.2) is 9.37 Å². The van der Waals surface area contributed by atoms with Crippen LogP contribution in [-0.4, -0.2) is 21.0 Å². The molecule has 0 aliphatic rings. The molecule has 4 aromatic rings. The number of halogens is 2. The van der Waals surface area contributed by atoms with E-state index in [1.807, 2.05) is 30.3 Å². The molecule has 0 bridgehead atoms. The van der Waals surface area contributed by atoms with Gasteiger partial charge in [-0.15, -0.1) is 12.4 Å². The molecule has 1 unspecified atom stereocenters. The Labute approximate surface area is 191 Å². The lowest BCUT2D eigenvalue weighted by atomic mass is 9.96. The molecule has 0 saturated carbocycles. The van der Waals surface area contributed by atoms with Gasteiger partial charge in [0, 0.05) is 41.3 Å². The molecule has 2 aromatic carbocycles. The zero-order valence-corrected chi connectivity index (χ0v) is 18.0. The van der Waals surface area contributed by atoms with E-state index in [4.69, 9.17) is 11.5 Å². The molecule has 0 fully saturated rings. The van der Waals surface area contributed by atoms with Crippen molar-refractivity contribution >= 4 is 18.1 Å². The molecule has 2 heterocycles. The van der Waals surface area contributed by atoms with E-state index in [0.717, 1.165) is 11.1 Å². The SMILES string of the molecule is Cl.Nc1c(CC(N)Cc2ccccc2)cc(F)cc1-c1nc(-c2ccncc2)cc(=O)[nH]1. The fourth-order valence-corrected chi connectivity index (χ4v) is 3.57. The molecule has 164 valence electrons. The number of benzene rings is 2. The van der Waals surface area contributed by atoms with Gasteiger partial charge in [-0.2, -0.15) is 0 Å². The molecule has 0 saturated heterocycles. The van der Waals surface area contributed by atoms with Crippen molar-refractivity contribution in [1.29, 1.82) is 0 Å². The Bertz CT molecular complexity index is 1250. The van der Waals surface area contributed by atoms with E-state index in [1.165, 1.54) is 18.2 Å². The van der Waals surface area contributed by atoms with E-state index in [0.29, 0.717) is 35.3 Å². The topological polar surface area (TPSA) is 111 Å². The molecule has 8 heteroatoms. The molecular formula is C24H23ClFN5O. The number of aromatic nitrogens is 3. The second kappa shape index (κ2) is 10.2. The summed E-state index contributed by atoms with van der Waals surface area (Å²) >= 11 is 0. The number of nitrogens with zero attached hydrogens (tertiary/aromatic N) is 2. The van der Waals surface area contributed by atoms with Gasteiger partial charge in [0.15, 0.2) is 0 Å². The molecule has 1 atom stereocenters. The highest BCUT2D eigenvalue weighted by molar-refractivity contribution is 5.85. The van der Waals surface area contributed by atoms with E-state index in [2.05, 4.69) is 15.0 Å². The van der Waals surface area contributed by atoms with Crippen molar-refractivity contribution in [3.8, 4) is 22.6 Å². The number of aromatic amines is 1. The summed E-state index contributed by atoms with van der Waals surface area (Å²) in [6.07, 6.45) is 4.25. The van der Waals surface area contributed by atoms with Crippen LogP contribution in [0.5, 0.6) is 0 Å². The largest absolute Gasteiger partial charge is 0.398 e. The molecule has 0 aliphatic heterocycles. The smallest absolute Gasteiger partial charge is 0.251 e. The normalized spacial score (nSPS) is 11.6. The van der Waals surface area contributed by atoms with E-state index in [-0.39, 0.29) is 29.8 Å². The van der Waals surface area contributed by atoms with Gasteiger partial charge in [-0.05, 0) is 48.2 Å². The molecule has 32 heavy (non-hydrogen) atoms. The molecule has 0 spiro atoms. The minimum Gasteiger partial charge on any atom is -0.398 e. The van der Waals surface area contributed by atoms with Gasteiger partial charge in [0.05, 0.1) is 5.69 Å². The summed E-state index contributed by atoms with van der Waals surface area (Å²) in [6, 6.07) is 17.1. The van der Waals surface area contributed by atoms with Gasteiger partial charge < -0.3 is 16.5 Å². The maximum Gasteiger partial charge on any atom is 0.251 e. The van der Waals surface area contributed by atoms with Crippen LogP contribution in [-0.2, 0) is 12.8 Å². The quantitative estimate of drug-likeness (QED) is 0.386. The van der Waals surface area contributed by atoms with Crippen LogP contribution in [0.25, 0.3) is 22.6 Å². The fraction of sp³-hybridized carbons (Fsp3) is 0.125. The summed E-state index contributed by atoms with van der Waals surface area (Å²) in [7, 11) is 0. The van der Waals surface area contributed by atoms with Gasteiger partial charge in [0.2, 0.25) is 0 Å². The third-order valence-corrected chi connectivity index (χ3v) is 5.03. The first-order valence-electron chi connectivity index (χ1n) is 9.89. The maximum absolute atomic E-state index is 14.5. The van der Waals surface area contributed by atoms with Gasteiger partial charge in [0.25, 0.3) is 5.56 Å². The Kier molecular flexibility index (Phi) is 7.35. The van der Waals surface area contributed by atoms with Crippen molar-refractivity contribution in [3.05, 3.63) is 100 Å². The van der Waals surface area contributed by atoms with E-state index < -0.39 is 5.82 Å². The van der Waals surface area contributed by atoms with Gasteiger partial charge >= 0.3 is 0 Å². The van der Waals surface area contributed by atoms with Gasteiger partial charge in [0.1, 0.15) is 11.6 Å². The van der Waals surface area contributed by atoms with Crippen molar-refractivity contribution in [2.24, 2.45) is 5.73 Å². The van der Waals surface area contributed by atoms with Crippen LogP contribution in [0.1, 0.15) is 11.1 Å². The first-order valence-corrected chi connectivity index (χ1v) is 9.89. The molecular weight excluding hydrogens is 429 g/mol. The number of pyridine rings is 1. The van der Waals surface area contributed by atoms with Gasteiger partial charge in [-0.3, -0.25) is 9.78 Å². The number of hydrogen-bond acceptors (Lipinski definition) is 5. The number of H-pyrrole nitrogens is 1. The minimum absolute atomic E-state index is 0. The summed E-state index contributed by atoms with van der Waals surface area (Å²) in [6.45, 7) is 0. The number of rotatable bonds is 6. The Morgan fingerprint density at radius 3 is 2.44 bits per heavy atom. The highest BCUT2D eigenvalue weighted by Gasteiger charge is 2.16. The van der Waals surface area contributed by atoms with Crippen LogP contribution < -0.4 is 17.0 Å². The maximum atomic E-state index is 14.5. The third-order valence-electron chi connectivity index (χ3n) is 5.03. The number of hydrogen-bond donors (Lipinski definition) is 3. The Balaban J connectivity index is 0.00000289. The molecule has 2 aromatic heterocycles. The molecule has 0 aliphatic carbocycles. The highest BCUT2D eigenvalue weighted by Crippen LogP contribution is 2.29. The van der Waals surface area contributed by atoms with Crippen LogP contribution in [0.3, 0.4) is 0 Å². The van der Waals surface area contributed by atoms with Crippen LogP contribution in [0.15, 0.2) is 77.9 Å². The van der Waals surface area contributed by atoms with Crippen molar-refractivity contribution in [2.75, 3.05) is 5.73 Å². The monoisotopic (exact) mass is 451 g/mol. The zero-order valence-electron chi connectivity index (χ0n) is 17.2. The molecule has 4 rings (SSSR count). The molecule has 0 radical (unpaired) electrons. The van der Waals surface area contributed by atoms with E-state index in [1.54, 1.807) is 24.5 Å². The number of nitrogens with one attached hydrogen (secondary N) is 1. The average Bonchev–Trinajstić information content (AvgIpc) is 2.77. The summed E-state index contributed by atoms with van der Waals surface area (Å²) in [5.74, 6) is -0.266. The highest BCUT2D eigenvalue weighted by atomic mass is 35.5. The van der Waals surface area contributed by atoms with Crippen LogP contribution >= 0.6 is 12.4 Å². The van der Waals surface area contributed by atoms with Crippen molar-refractivity contribution in [3.63, 3.8) is 0 Å². The summed E-state index contributed by atoms with van der Waals surface area (Å²) in [5.41, 5.74) is 15.9. The second-order valence-electron chi connectivity index (χ2n) is 7.40. The van der Waals surface area contributed by atoms with Crippen molar-refractivity contribution < 1.29 is 4.39 Å². The lowest BCUT2D eigenvalue weighted by Crippen LogP contribution is -2.26. The Morgan fingerprint density at radius 1 is 1.00 bits per heavy atom. The average molecular weight is 452 g/mol. The van der Waals surface area contributed by atoms with E-state index in [9.17, 15) is 9.18 Å². The summed E-state index contributed by atoms with van der Waals surface area (Å²) < 4.78 is 14.5. The van der Waals surface area contributed by atoms with Crippen molar-refractivity contribution in [2.45, 2.75) is 18.9 Å². The molecule has 6 nitrogen and oxygen atoms in total. The fourth-order valence-electron chi connectivity index (χ4n) is 3.57. The first-order chi connectivity index (χ1) is 15.0. The first kappa shape index (κ1) is 23.1. The zero-order chi connectivity index (χ0) is 21.8. The Morgan fingerprint density at radius 2 is 1.72 bits per heavy atom. The molecule has 5 N–H and O–H groups in total. The predicted molar refractivity (Wildman–Crippen MR) is 127 cm³/mol. The van der Waals surface area contributed by atoms with E-state index >= 15 is 0 Å². The molecule has 0 amide bonds.